The van der Waals surface area contributed by atoms with Crippen LogP contribution in [0.15, 0.2) is 24.3 Å². The highest BCUT2D eigenvalue weighted by Gasteiger charge is 2.05. The van der Waals surface area contributed by atoms with Crippen molar-refractivity contribution in [3.63, 3.8) is 0 Å². The van der Waals surface area contributed by atoms with Crippen LogP contribution in [0.4, 0.5) is 0 Å². The summed E-state index contributed by atoms with van der Waals surface area (Å²) < 4.78 is 29.2. The maximum absolute atomic E-state index is 10.4. The zero-order valence-electron chi connectivity index (χ0n) is 6.47. The molecule has 3 nitrogen and oxygen atoms in total. The van der Waals surface area contributed by atoms with E-state index in [9.17, 15) is 8.42 Å². The quantitative estimate of drug-likeness (QED) is 0.649. The number of rotatable bonds is 3. The molecule has 0 saturated carbocycles. The van der Waals surface area contributed by atoms with Crippen molar-refractivity contribution in [2.45, 2.75) is 5.75 Å². The van der Waals surface area contributed by atoms with Gasteiger partial charge in [-0.2, -0.15) is 8.42 Å². The molecule has 0 radical (unpaired) electrons. The van der Waals surface area contributed by atoms with Gasteiger partial charge in [-0.05, 0) is 17.7 Å². The van der Waals surface area contributed by atoms with Crippen LogP contribution in [-0.4, -0.2) is 13.0 Å². The third-order valence-corrected chi connectivity index (χ3v) is 3.54. The monoisotopic (exact) mass is 238 g/mol. The van der Waals surface area contributed by atoms with Crippen LogP contribution in [0.25, 0.3) is 0 Å². The Morgan fingerprint density at radius 1 is 1.31 bits per heavy atom. The maximum atomic E-state index is 10.4. The van der Waals surface area contributed by atoms with Crippen molar-refractivity contribution in [2.24, 2.45) is 0 Å². The van der Waals surface area contributed by atoms with Gasteiger partial charge in [0.1, 0.15) is 0 Å². The summed E-state index contributed by atoms with van der Waals surface area (Å²) in [5, 5.41) is 0.598. The lowest BCUT2D eigenvalue weighted by atomic mass is 10.2. The van der Waals surface area contributed by atoms with Crippen LogP contribution in [0.3, 0.4) is 0 Å². The molecule has 1 aromatic rings. The van der Waals surface area contributed by atoms with Gasteiger partial charge < -0.3 is 0 Å². The van der Waals surface area contributed by atoms with Gasteiger partial charge in [0.15, 0.2) is 0 Å². The van der Waals surface area contributed by atoms with Gasteiger partial charge in [-0.1, -0.05) is 23.7 Å². The Labute approximate surface area is 85.3 Å². The zero-order valence-corrected chi connectivity index (χ0v) is 8.86. The molecule has 6 heteroatoms. The van der Waals surface area contributed by atoms with E-state index >= 15 is 0 Å². The van der Waals surface area contributed by atoms with Gasteiger partial charge in [-0.15, -0.1) is 0 Å². The molecule has 1 aromatic carbocycles. The van der Waals surface area contributed by atoms with Crippen molar-refractivity contribution in [3.05, 3.63) is 34.9 Å². The summed E-state index contributed by atoms with van der Waals surface area (Å²) in [6.07, 6.45) is 0. The highest BCUT2D eigenvalue weighted by Crippen LogP contribution is 2.18. The summed E-state index contributed by atoms with van der Waals surface area (Å²) in [5.74, 6) is 0.218. The van der Waals surface area contributed by atoms with Crippen LogP contribution in [0, 0.1) is 0 Å². The van der Waals surface area contributed by atoms with E-state index < -0.39 is 9.15 Å². The molecule has 13 heavy (non-hydrogen) atoms. The van der Waals surface area contributed by atoms with Crippen LogP contribution < -0.4 is 0 Å². The van der Waals surface area contributed by atoms with E-state index in [4.69, 9.17) is 16.2 Å². The first kappa shape index (κ1) is 10.8. The van der Waals surface area contributed by atoms with E-state index in [0.29, 0.717) is 15.8 Å². The maximum Gasteiger partial charge on any atom is 0.320 e. The Morgan fingerprint density at radius 2 is 1.85 bits per heavy atom. The Morgan fingerprint density at radius 3 is 2.31 bits per heavy atom. The van der Waals surface area contributed by atoms with Crippen LogP contribution >= 0.6 is 22.4 Å². The number of hydrogen-bond acceptors (Lipinski definition) is 3. The largest absolute Gasteiger partial charge is 0.320 e. The van der Waals surface area contributed by atoms with Gasteiger partial charge >= 0.3 is 9.15 Å². The molecule has 0 aliphatic heterocycles. The highest BCUT2D eigenvalue weighted by molar-refractivity contribution is 8.69. The lowest BCUT2D eigenvalue weighted by Gasteiger charge is -1.98. The molecule has 0 aliphatic carbocycles. The predicted molar refractivity (Wildman–Crippen MR) is 54.3 cm³/mol. The van der Waals surface area contributed by atoms with Crippen LogP contribution in [0.1, 0.15) is 5.56 Å². The molecule has 0 atom stereocenters. The lowest BCUT2D eigenvalue weighted by molar-refractivity contribution is 0.503. The molecular formula is C7H7ClO3S2. The first-order valence-electron chi connectivity index (χ1n) is 3.34. The minimum Gasteiger partial charge on any atom is -0.277 e. The molecule has 0 aliphatic rings. The smallest absolute Gasteiger partial charge is 0.277 e. The Balaban J connectivity index is 2.61. The number of hydrogen-bond donors (Lipinski definition) is 1. The van der Waals surface area contributed by atoms with E-state index in [1.165, 1.54) is 0 Å². The molecule has 0 heterocycles. The van der Waals surface area contributed by atoms with Crippen molar-refractivity contribution in [2.75, 3.05) is 0 Å². The second-order valence-electron chi connectivity index (χ2n) is 2.32. The van der Waals surface area contributed by atoms with Gasteiger partial charge in [-0.25, -0.2) is 0 Å². The zero-order chi connectivity index (χ0) is 9.90. The molecule has 1 rings (SSSR count). The third kappa shape index (κ3) is 4.52. The van der Waals surface area contributed by atoms with E-state index in [1.807, 2.05) is 0 Å². The summed E-state index contributed by atoms with van der Waals surface area (Å²) in [5.41, 5.74) is 0.798. The summed E-state index contributed by atoms with van der Waals surface area (Å²) in [7, 11) is -3.47. The van der Waals surface area contributed by atoms with Gasteiger partial charge in [0.05, 0.1) is 0 Å². The first-order chi connectivity index (χ1) is 5.97. The highest BCUT2D eigenvalue weighted by atomic mass is 35.5. The van der Waals surface area contributed by atoms with Crippen molar-refractivity contribution in [3.8, 4) is 0 Å². The molecule has 0 spiro atoms. The van der Waals surface area contributed by atoms with Crippen molar-refractivity contribution >= 4 is 31.5 Å². The minimum absolute atomic E-state index is 0.218. The number of benzene rings is 1. The summed E-state index contributed by atoms with van der Waals surface area (Å²) in [4.78, 5) is 0. The van der Waals surface area contributed by atoms with Gasteiger partial charge in [-0.3, -0.25) is 4.55 Å². The molecule has 72 valence electrons. The van der Waals surface area contributed by atoms with Crippen LogP contribution in [-0.2, 0) is 14.9 Å². The summed E-state index contributed by atoms with van der Waals surface area (Å²) in [6, 6.07) is 6.75. The van der Waals surface area contributed by atoms with Crippen LogP contribution in [0.5, 0.6) is 0 Å². The standard InChI is InChI=1S/C7H7ClO3S2/c8-7-3-1-6(2-4-7)5-12-13(9,10)11/h1-4H,5H2,(H,9,10,11). The average Bonchev–Trinajstić information content (AvgIpc) is 2.02. The van der Waals surface area contributed by atoms with Crippen molar-refractivity contribution < 1.29 is 13.0 Å². The molecule has 0 fully saturated rings. The molecule has 0 bridgehead atoms. The topological polar surface area (TPSA) is 54.4 Å². The Kier molecular flexibility index (Phi) is 3.61. The minimum atomic E-state index is -3.95. The first-order valence-corrected chi connectivity index (χ1v) is 6.66. The average molecular weight is 239 g/mol. The van der Waals surface area contributed by atoms with Crippen LogP contribution in [0.2, 0.25) is 5.02 Å². The van der Waals surface area contributed by atoms with Gasteiger partial charge in [0.25, 0.3) is 0 Å². The SMILES string of the molecule is O=S(=O)(O)SCc1ccc(Cl)cc1. The Bertz CT molecular complexity index is 371. The van der Waals surface area contributed by atoms with E-state index in [-0.39, 0.29) is 5.75 Å². The van der Waals surface area contributed by atoms with E-state index in [2.05, 4.69) is 0 Å². The molecule has 0 aromatic heterocycles. The lowest BCUT2D eigenvalue weighted by Crippen LogP contribution is -1.90. The number of halogens is 1. The normalized spacial score (nSPS) is 11.5. The summed E-state index contributed by atoms with van der Waals surface area (Å²) in [6.45, 7) is 0. The molecular weight excluding hydrogens is 232 g/mol. The van der Waals surface area contributed by atoms with E-state index in [0.717, 1.165) is 5.56 Å². The molecule has 0 saturated heterocycles. The second-order valence-corrected chi connectivity index (χ2v) is 6.10. The second kappa shape index (κ2) is 4.32. The fraction of sp³-hybridized carbons (Fsp3) is 0.143. The third-order valence-electron chi connectivity index (χ3n) is 1.29. The predicted octanol–water partition coefficient (Wildman–Crippen LogP) is 2.38. The van der Waals surface area contributed by atoms with Gasteiger partial charge in [0, 0.05) is 21.6 Å². The fourth-order valence-electron chi connectivity index (χ4n) is 0.723. The van der Waals surface area contributed by atoms with Gasteiger partial charge in [0.2, 0.25) is 0 Å². The molecule has 0 amide bonds. The molecule has 0 unspecified atom stereocenters. The fourth-order valence-corrected chi connectivity index (χ4v) is 2.18. The van der Waals surface area contributed by atoms with E-state index in [1.54, 1.807) is 24.3 Å². The van der Waals surface area contributed by atoms with Crippen molar-refractivity contribution in [1.82, 2.24) is 0 Å². The Hall–Kier alpha value is -0.230. The van der Waals surface area contributed by atoms with Crippen molar-refractivity contribution in [1.29, 1.82) is 0 Å². The summed E-state index contributed by atoms with van der Waals surface area (Å²) >= 11 is 5.63. The molecule has 1 N–H and O–H groups in total.